The number of fused-ring (bicyclic) bond motifs is 1. The molecule has 2 amide bonds. The molecule has 64 heavy (non-hydrogen) atoms. The normalized spacial score (nSPS) is 20.3. The van der Waals surface area contributed by atoms with Gasteiger partial charge >= 0.3 is 42.3 Å². The third-order valence-electron chi connectivity index (χ3n) is 9.75. The number of carbonyl (C=O) groups is 3. The Kier molecular flexibility index (Phi) is 25.4. The number of nitrogens with one attached hydrogen (secondary N) is 2. The molecule has 362 valence electrons. The van der Waals surface area contributed by atoms with Crippen molar-refractivity contribution in [3.8, 4) is 0 Å². The molecule has 3 heterocycles. The molecule has 0 bridgehead atoms. The van der Waals surface area contributed by atoms with E-state index in [9.17, 15) is 57.9 Å². The third-order valence-corrected chi connectivity index (χ3v) is 13.8. The summed E-state index contributed by atoms with van der Waals surface area (Å²) in [6.07, 6.45) is 6.75. The van der Waals surface area contributed by atoms with E-state index in [0.717, 1.165) is 48.2 Å². The number of nitrogens with zero attached hydrogens (tertiary/aromatic N) is 4. The zero-order valence-electron chi connectivity index (χ0n) is 37.6. The van der Waals surface area contributed by atoms with Crippen LogP contribution in [0.5, 0.6) is 0 Å². The third kappa shape index (κ3) is 20.6. The Morgan fingerprint density at radius 1 is 0.922 bits per heavy atom. The van der Waals surface area contributed by atoms with Crippen molar-refractivity contribution in [3.63, 3.8) is 0 Å². The number of ether oxygens (including phenoxy) is 1. The second kappa shape index (κ2) is 27.8. The smallest absolute Gasteiger partial charge is 1.00 e. The first-order valence-corrected chi connectivity index (χ1v) is 26.1. The Morgan fingerprint density at radius 3 is 2.16 bits per heavy atom. The van der Waals surface area contributed by atoms with Gasteiger partial charge in [-0.15, -0.1) is 0 Å². The molecular weight excluding hydrogens is 922 g/mol. The van der Waals surface area contributed by atoms with E-state index in [-0.39, 0.29) is 61.9 Å². The van der Waals surface area contributed by atoms with E-state index < -0.39 is 84.6 Å². The summed E-state index contributed by atoms with van der Waals surface area (Å²) in [7, 11) is -16.4. The van der Waals surface area contributed by atoms with Gasteiger partial charge in [-0.25, -0.2) is 28.6 Å². The first kappa shape index (κ1) is 58.3. The molecule has 1 aliphatic heterocycles. The summed E-state index contributed by atoms with van der Waals surface area (Å²) in [6.45, 7) is 2.79. The van der Waals surface area contributed by atoms with Crippen LogP contribution in [0.25, 0.3) is 11.2 Å². The van der Waals surface area contributed by atoms with Crippen molar-refractivity contribution in [2.45, 2.75) is 135 Å². The van der Waals surface area contributed by atoms with E-state index in [0.29, 0.717) is 12.2 Å². The zero-order valence-corrected chi connectivity index (χ0v) is 40.1. The van der Waals surface area contributed by atoms with Gasteiger partial charge < -0.3 is 52.3 Å². The van der Waals surface area contributed by atoms with E-state index in [1.54, 1.807) is 0 Å². The summed E-state index contributed by atoms with van der Waals surface area (Å²) in [6, 6.07) is 0. The molecule has 1 fully saturated rings. The largest absolute Gasteiger partial charge is 1.00 e. The summed E-state index contributed by atoms with van der Waals surface area (Å²) >= 11 is 1.15. The summed E-state index contributed by atoms with van der Waals surface area (Å²) in [4.78, 5) is 88.2. The number of aliphatic hydroxyl groups is 2. The van der Waals surface area contributed by atoms with Crippen LogP contribution >= 0.6 is 35.2 Å². The van der Waals surface area contributed by atoms with Crippen LogP contribution in [0.3, 0.4) is 0 Å². The molecule has 1 saturated heterocycles. The minimum absolute atomic E-state index is 0. The standard InChI is InChI=1S/C35H62N7O17P3S.Li.H/c1-4-5-6-7-8-9-10-11-12-13-14-15-26(44)63-19-18-37-25(43)16-17-38-33(47)30(46)35(2,3)21-56-62(53,54)59-61(51,52)55-20-24-29(58-60(48,49)50)28(45)34(57-24)42-23-41-27-31(36)39-22-40-32(27)42;;/h22-24,28-30,34,45-46H,4-21H2,1-3H3,(H,37,43)(H,38,47)(H,51,52)(H,53,54)(H2,36,39,40)(H2,48,49,50);;/q;+1;-1/t24-,28-,29-,30?,34-;;/m1../s1. The van der Waals surface area contributed by atoms with Crippen molar-refractivity contribution in [1.82, 2.24) is 30.2 Å². The predicted molar refractivity (Wildman–Crippen MR) is 229 cm³/mol. The van der Waals surface area contributed by atoms with Crippen molar-refractivity contribution >= 4 is 69.1 Å². The van der Waals surface area contributed by atoms with Crippen molar-refractivity contribution in [2.75, 3.05) is 37.8 Å². The van der Waals surface area contributed by atoms with Gasteiger partial charge in [-0.3, -0.25) is 32.5 Å². The summed E-state index contributed by atoms with van der Waals surface area (Å²) in [5.41, 5.74) is 4.29. The number of amides is 2. The fourth-order valence-electron chi connectivity index (χ4n) is 6.30. The van der Waals surface area contributed by atoms with Crippen LogP contribution in [0.4, 0.5) is 5.82 Å². The zero-order chi connectivity index (χ0) is 46.8. The average molecular weight is 986 g/mol. The van der Waals surface area contributed by atoms with Crippen molar-refractivity contribution in [3.05, 3.63) is 12.7 Å². The Bertz CT molecular complexity index is 1940. The topological polar surface area (TPSA) is 364 Å². The number of phosphoric ester groups is 3. The van der Waals surface area contributed by atoms with Gasteiger partial charge in [0, 0.05) is 37.1 Å². The fraction of sp³-hybridized carbons (Fsp3) is 0.771. The molecule has 3 rings (SSSR count). The Labute approximate surface area is 389 Å². The van der Waals surface area contributed by atoms with Gasteiger partial charge in [0.2, 0.25) is 11.8 Å². The maximum Gasteiger partial charge on any atom is 1.00 e. The molecule has 0 radical (unpaired) electrons. The van der Waals surface area contributed by atoms with E-state index >= 15 is 0 Å². The molecule has 2 aromatic rings. The first-order chi connectivity index (χ1) is 29.6. The van der Waals surface area contributed by atoms with Crippen molar-refractivity contribution in [1.29, 1.82) is 0 Å². The van der Waals surface area contributed by atoms with Gasteiger partial charge in [0.15, 0.2) is 22.8 Å². The predicted octanol–water partition coefficient (Wildman–Crippen LogP) is 0.482. The quantitative estimate of drug-likeness (QED) is 0.0282. The van der Waals surface area contributed by atoms with Crippen molar-refractivity contribution in [2.24, 2.45) is 5.41 Å². The van der Waals surface area contributed by atoms with E-state index in [1.807, 2.05) is 0 Å². The molecule has 7 atom stereocenters. The van der Waals surface area contributed by atoms with E-state index in [2.05, 4.69) is 41.3 Å². The van der Waals surface area contributed by atoms with Crippen LogP contribution in [0, 0.1) is 5.41 Å². The molecule has 0 spiro atoms. The van der Waals surface area contributed by atoms with Gasteiger partial charge in [0.25, 0.3) is 0 Å². The van der Waals surface area contributed by atoms with Crippen LogP contribution in [-0.2, 0) is 50.7 Å². The van der Waals surface area contributed by atoms with Gasteiger partial charge in [-0.1, -0.05) is 96.7 Å². The first-order valence-electron chi connectivity index (χ1n) is 20.6. The maximum absolute atomic E-state index is 12.7. The number of aromatic nitrogens is 4. The second-order valence-corrected chi connectivity index (χ2v) is 21.0. The van der Waals surface area contributed by atoms with E-state index in [4.69, 9.17) is 19.5 Å². The number of carbonyl (C=O) groups excluding carboxylic acids is 3. The molecule has 3 unspecified atom stereocenters. The molecule has 0 saturated carbocycles. The Balaban J connectivity index is 0.0000106. The number of phosphoric acid groups is 3. The molecule has 0 aromatic carbocycles. The molecular formula is C35H63LiN7O17P3S. The molecule has 1 aliphatic rings. The number of hydrogen-bond donors (Lipinski definition) is 9. The minimum Gasteiger partial charge on any atom is -1.00 e. The van der Waals surface area contributed by atoms with Gasteiger partial charge in [-0.05, 0) is 6.42 Å². The monoisotopic (exact) mass is 985 g/mol. The van der Waals surface area contributed by atoms with Gasteiger partial charge in [0.05, 0.1) is 19.5 Å². The van der Waals surface area contributed by atoms with Crippen molar-refractivity contribution < 1.29 is 101 Å². The maximum atomic E-state index is 12.7. The SMILES string of the molecule is CCCCCCCCCCCCCC(=O)SCCNC(=O)CCNC(=O)C(O)C(C)(C)COP(=O)(O)OP(=O)(O)OC[C@H]1O[C@@H](n2cnc3c(N)ncnc32)[C@H](O)[C@@H]1OP(=O)(O)O.[H-].[Li+]. The van der Waals surface area contributed by atoms with E-state index in [1.165, 1.54) is 65.2 Å². The average Bonchev–Trinajstić information content (AvgIpc) is 3.76. The van der Waals surface area contributed by atoms with Crippen LogP contribution in [0.1, 0.15) is 112 Å². The van der Waals surface area contributed by atoms with Crippen LogP contribution in [0.15, 0.2) is 12.7 Å². The summed E-state index contributed by atoms with van der Waals surface area (Å²) in [5, 5.41) is 26.6. The molecule has 0 aliphatic carbocycles. The molecule has 29 heteroatoms. The Hall–Kier alpha value is -1.84. The van der Waals surface area contributed by atoms with Gasteiger partial charge in [-0.2, -0.15) is 4.31 Å². The Morgan fingerprint density at radius 2 is 1.53 bits per heavy atom. The number of aliphatic hydroxyl groups excluding tert-OH is 2. The number of imidazole rings is 1. The number of nitrogens with two attached hydrogens (primary N) is 1. The molecule has 2 aromatic heterocycles. The molecule has 24 nitrogen and oxygen atoms in total. The van der Waals surface area contributed by atoms with Crippen LogP contribution in [-0.4, -0.2) is 123 Å². The summed E-state index contributed by atoms with van der Waals surface area (Å²) in [5.74, 6) is -1.02. The molecule has 10 N–H and O–H groups in total. The van der Waals surface area contributed by atoms with Crippen LogP contribution in [0.2, 0.25) is 0 Å². The number of unbranched alkanes of at least 4 members (excludes halogenated alkanes) is 10. The number of anilines is 1. The number of thioether (sulfide) groups is 1. The number of rotatable bonds is 31. The second-order valence-electron chi connectivity index (χ2n) is 15.6. The minimum atomic E-state index is -5.57. The number of hydrogen-bond acceptors (Lipinski definition) is 18. The number of nitrogen functional groups attached to an aromatic ring is 1. The van der Waals surface area contributed by atoms with Gasteiger partial charge in [0.1, 0.15) is 36.3 Å². The fourth-order valence-corrected chi connectivity index (χ4v) is 9.85. The summed E-state index contributed by atoms with van der Waals surface area (Å²) < 4.78 is 62.3. The van der Waals surface area contributed by atoms with Crippen LogP contribution < -0.4 is 35.2 Å².